The van der Waals surface area contributed by atoms with Gasteiger partial charge in [0, 0.05) is 10.3 Å². The lowest BCUT2D eigenvalue weighted by molar-refractivity contribution is 0.0247. The van der Waals surface area contributed by atoms with Gasteiger partial charge < -0.3 is 19.3 Å². The molecule has 0 radical (unpaired) electrons. The molecule has 0 amide bonds. The molecule has 1 aromatic heterocycles. The van der Waals surface area contributed by atoms with Gasteiger partial charge in [0.1, 0.15) is 5.60 Å². The summed E-state index contributed by atoms with van der Waals surface area (Å²) in [6, 6.07) is 5.71. The molecule has 0 aliphatic heterocycles. The van der Waals surface area contributed by atoms with Crippen LogP contribution in [0.2, 0.25) is 0 Å². The summed E-state index contributed by atoms with van der Waals surface area (Å²) < 4.78 is 13.7. The SMILES string of the molecule is CCC(O)(CC)c1csc(NSc2ccc(OC)c(OC)c2)n1. The first-order chi connectivity index (χ1) is 11.1. The lowest BCUT2D eigenvalue weighted by atomic mass is 9.94. The van der Waals surface area contributed by atoms with Crippen molar-refractivity contribution in [3.05, 3.63) is 29.3 Å². The van der Waals surface area contributed by atoms with E-state index in [1.807, 2.05) is 37.4 Å². The molecule has 0 fully saturated rings. The zero-order valence-electron chi connectivity index (χ0n) is 13.8. The molecule has 1 heterocycles. The van der Waals surface area contributed by atoms with Crippen LogP contribution in [0.1, 0.15) is 32.4 Å². The first-order valence-electron chi connectivity index (χ1n) is 7.39. The maximum absolute atomic E-state index is 10.5. The van der Waals surface area contributed by atoms with Crippen LogP contribution in [-0.2, 0) is 5.60 Å². The molecule has 1 aromatic carbocycles. The van der Waals surface area contributed by atoms with Crippen molar-refractivity contribution in [2.45, 2.75) is 37.2 Å². The molecule has 0 aliphatic rings. The van der Waals surface area contributed by atoms with Gasteiger partial charge in [0.2, 0.25) is 0 Å². The number of aromatic nitrogens is 1. The van der Waals surface area contributed by atoms with Crippen molar-refractivity contribution in [3.63, 3.8) is 0 Å². The Kier molecular flexibility index (Phi) is 6.15. The minimum Gasteiger partial charge on any atom is -0.493 e. The van der Waals surface area contributed by atoms with E-state index in [1.165, 1.54) is 23.3 Å². The van der Waals surface area contributed by atoms with Crippen LogP contribution in [0, 0.1) is 0 Å². The quantitative estimate of drug-likeness (QED) is 0.690. The fourth-order valence-corrected chi connectivity index (χ4v) is 3.65. The third-order valence-corrected chi connectivity index (χ3v) is 5.43. The monoisotopic (exact) mass is 354 g/mol. The first kappa shape index (κ1) is 17.9. The number of ether oxygens (including phenoxy) is 2. The topological polar surface area (TPSA) is 63.6 Å². The number of nitrogens with one attached hydrogen (secondary N) is 1. The summed E-state index contributed by atoms with van der Waals surface area (Å²) in [7, 11) is 3.23. The summed E-state index contributed by atoms with van der Waals surface area (Å²) in [5, 5.41) is 13.2. The van der Waals surface area contributed by atoms with E-state index in [-0.39, 0.29) is 0 Å². The molecule has 0 unspecified atom stereocenters. The van der Waals surface area contributed by atoms with Gasteiger partial charge in [0.15, 0.2) is 16.6 Å². The molecular formula is C16H22N2O3S2. The highest BCUT2D eigenvalue weighted by molar-refractivity contribution is 8.00. The Morgan fingerprint density at radius 1 is 1.22 bits per heavy atom. The van der Waals surface area contributed by atoms with E-state index in [0.29, 0.717) is 24.3 Å². The van der Waals surface area contributed by atoms with Gasteiger partial charge in [-0.25, -0.2) is 4.98 Å². The van der Waals surface area contributed by atoms with Crippen molar-refractivity contribution >= 4 is 28.4 Å². The van der Waals surface area contributed by atoms with Crippen LogP contribution in [-0.4, -0.2) is 24.3 Å². The summed E-state index contributed by atoms with van der Waals surface area (Å²) in [4.78, 5) is 5.48. The summed E-state index contributed by atoms with van der Waals surface area (Å²) in [6.45, 7) is 3.93. The molecular weight excluding hydrogens is 332 g/mol. The smallest absolute Gasteiger partial charge is 0.193 e. The Hall–Kier alpha value is -1.44. The van der Waals surface area contributed by atoms with Gasteiger partial charge in [-0.2, -0.15) is 0 Å². The predicted molar refractivity (Wildman–Crippen MR) is 95.6 cm³/mol. The highest BCUT2D eigenvalue weighted by Gasteiger charge is 2.27. The number of aliphatic hydroxyl groups is 1. The summed E-state index contributed by atoms with van der Waals surface area (Å²) >= 11 is 2.93. The number of hydrogen-bond acceptors (Lipinski definition) is 7. The second-order valence-corrected chi connectivity index (χ2v) is 6.74. The number of anilines is 1. The second kappa shape index (κ2) is 7.90. The summed E-state index contributed by atoms with van der Waals surface area (Å²) in [5.74, 6) is 1.38. The Morgan fingerprint density at radius 2 is 1.91 bits per heavy atom. The number of hydrogen-bond donors (Lipinski definition) is 2. The third kappa shape index (κ3) is 4.10. The van der Waals surface area contributed by atoms with Crippen molar-refractivity contribution in [1.82, 2.24) is 4.98 Å². The third-order valence-electron chi connectivity index (χ3n) is 3.76. The molecule has 0 bridgehead atoms. The van der Waals surface area contributed by atoms with E-state index in [4.69, 9.17) is 9.47 Å². The summed E-state index contributed by atoms with van der Waals surface area (Å²) in [5.41, 5.74) is -0.118. The van der Waals surface area contributed by atoms with E-state index in [1.54, 1.807) is 14.2 Å². The van der Waals surface area contributed by atoms with Crippen LogP contribution in [0.15, 0.2) is 28.5 Å². The van der Waals surface area contributed by atoms with E-state index < -0.39 is 5.60 Å². The maximum Gasteiger partial charge on any atom is 0.193 e. The Bertz CT molecular complexity index is 642. The molecule has 7 heteroatoms. The highest BCUT2D eigenvalue weighted by Crippen LogP contribution is 2.35. The molecule has 2 rings (SSSR count). The summed E-state index contributed by atoms with van der Waals surface area (Å²) in [6.07, 6.45) is 1.30. The van der Waals surface area contributed by atoms with E-state index >= 15 is 0 Å². The van der Waals surface area contributed by atoms with Crippen LogP contribution >= 0.6 is 23.3 Å². The fraction of sp³-hybridized carbons (Fsp3) is 0.438. The standard InChI is InChI=1S/C16H22N2O3S2/c1-5-16(19,6-2)14-10-22-15(17-14)18-23-11-7-8-12(20-3)13(9-11)21-4/h7-10,19H,5-6H2,1-4H3,(H,17,18). The zero-order valence-corrected chi connectivity index (χ0v) is 15.4. The van der Waals surface area contributed by atoms with E-state index in [9.17, 15) is 5.11 Å². The molecule has 5 nitrogen and oxygen atoms in total. The molecule has 0 saturated carbocycles. The van der Waals surface area contributed by atoms with Crippen LogP contribution in [0.25, 0.3) is 0 Å². The minimum atomic E-state index is -0.843. The molecule has 2 aromatic rings. The van der Waals surface area contributed by atoms with Gasteiger partial charge >= 0.3 is 0 Å². The average molecular weight is 354 g/mol. The van der Waals surface area contributed by atoms with Gasteiger partial charge in [0.05, 0.1) is 19.9 Å². The number of methoxy groups -OCH3 is 2. The largest absolute Gasteiger partial charge is 0.493 e. The number of rotatable bonds is 8. The fourth-order valence-electron chi connectivity index (χ4n) is 2.13. The van der Waals surface area contributed by atoms with Crippen LogP contribution in [0.3, 0.4) is 0 Å². The van der Waals surface area contributed by atoms with Crippen LogP contribution in [0.4, 0.5) is 5.13 Å². The van der Waals surface area contributed by atoms with E-state index in [2.05, 4.69) is 9.71 Å². The van der Waals surface area contributed by atoms with Crippen molar-refractivity contribution in [2.75, 3.05) is 18.9 Å². The van der Waals surface area contributed by atoms with Crippen molar-refractivity contribution in [3.8, 4) is 11.5 Å². The van der Waals surface area contributed by atoms with Gasteiger partial charge in [-0.15, -0.1) is 11.3 Å². The zero-order chi connectivity index (χ0) is 16.9. The predicted octanol–water partition coefficient (Wildman–Crippen LogP) is 4.29. The van der Waals surface area contributed by atoms with Gasteiger partial charge in [-0.1, -0.05) is 13.8 Å². The Balaban J connectivity index is 2.06. The van der Waals surface area contributed by atoms with Gasteiger partial charge in [-0.05, 0) is 43.0 Å². The minimum absolute atomic E-state index is 0.648. The van der Waals surface area contributed by atoms with E-state index in [0.717, 1.165) is 15.7 Å². The highest BCUT2D eigenvalue weighted by atomic mass is 32.2. The first-order valence-corrected chi connectivity index (χ1v) is 9.09. The Labute approximate surface area is 145 Å². The van der Waals surface area contributed by atoms with Gasteiger partial charge in [0.25, 0.3) is 0 Å². The molecule has 0 aliphatic carbocycles. The van der Waals surface area contributed by atoms with Gasteiger partial charge in [-0.3, -0.25) is 0 Å². The number of benzene rings is 1. The van der Waals surface area contributed by atoms with Crippen LogP contribution < -0.4 is 14.2 Å². The van der Waals surface area contributed by atoms with Crippen LogP contribution in [0.5, 0.6) is 11.5 Å². The van der Waals surface area contributed by atoms with Crippen molar-refractivity contribution in [1.29, 1.82) is 0 Å². The number of nitrogens with zero attached hydrogens (tertiary/aromatic N) is 1. The molecule has 0 saturated heterocycles. The lowest BCUT2D eigenvalue weighted by Gasteiger charge is -2.22. The maximum atomic E-state index is 10.5. The van der Waals surface area contributed by atoms with Crippen molar-refractivity contribution in [2.24, 2.45) is 0 Å². The number of thiazole rings is 1. The van der Waals surface area contributed by atoms with Crippen molar-refractivity contribution < 1.29 is 14.6 Å². The Morgan fingerprint density at radius 3 is 2.52 bits per heavy atom. The molecule has 0 spiro atoms. The second-order valence-electron chi connectivity index (χ2n) is 5.00. The average Bonchev–Trinajstić information content (AvgIpc) is 3.08. The molecule has 23 heavy (non-hydrogen) atoms. The molecule has 0 atom stereocenters. The normalized spacial score (nSPS) is 11.3. The lowest BCUT2D eigenvalue weighted by Crippen LogP contribution is -2.23. The molecule has 2 N–H and O–H groups in total. The molecule has 126 valence electrons.